The van der Waals surface area contributed by atoms with Crippen LogP contribution in [-0.2, 0) is 4.79 Å². The number of urea groups is 1. The van der Waals surface area contributed by atoms with E-state index in [0.29, 0.717) is 42.6 Å². The second-order valence-electron chi connectivity index (χ2n) is 6.49. The van der Waals surface area contributed by atoms with Gasteiger partial charge in [0.25, 0.3) is 0 Å². The topological polar surface area (TPSA) is 100 Å². The number of piperidine rings is 1. The van der Waals surface area contributed by atoms with Crippen molar-refractivity contribution in [1.29, 1.82) is 0 Å². The van der Waals surface area contributed by atoms with E-state index in [1.165, 1.54) is 11.3 Å². The third kappa shape index (κ3) is 3.92. The van der Waals surface area contributed by atoms with Gasteiger partial charge in [0.15, 0.2) is 10.9 Å². The molecule has 3 amide bonds. The first-order chi connectivity index (χ1) is 13.1. The molecule has 27 heavy (non-hydrogen) atoms. The van der Waals surface area contributed by atoms with E-state index in [2.05, 4.69) is 20.8 Å². The molecule has 0 bridgehead atoms. The van der Waals surface area contributed by atoms with Gasteiger partial charge >= 0.3 is 6.03 Å². The number of nitrogens with zero attached hydrogens (tertiary/aromatic N) is 3. The van der Waals surface area contributed by atoms with Crippen molar-refractivity contribution in [2.24, 2.45) is 5.92 Å². The minimum atomic E-state index is -0.181. The van der Waals surface area contributed by atoms with E-state index in [-0.39, 0.29) is 17.9 Å². The second-order valence-corrected chi connectivity index (χ2v) is 7.52. The van der Waals surface area contributed by atoms with E-state index in [1.54, 1.807) is 17.9 Å². The molecule has 3 heterocycles. The predicted molar refractivity (Wildman–Crippen MR) is 103 cm³/mol. The van der Waals surface area contributed by atoms with Crippen molar-refractivity contribution in [1.82, 2.24) is 15.0 Å². The van der Waals surface area contributed by atoms with Crippen LogP contribution in [0.4, 0.5) is 15.7 Å². The maximum atomic E-state index is 12.5. The van der Waals surface area contributed by atoms with Gasteiger partial charge in [-0.05, 0) is 31.9 Å². The van der Waals surface area contributed by atoms with E-state index in [4.69, 9.17) is 4.52 Å². The first-order valence-electron chi connectivity index (χ1n) is 8.74. The van der Waals surface area contributed by atoms with Crippen LogP contribution < -0.4 is 10.6 Å². The normalized spacial score (nSPS) is 15.1. The fraction of sp³-hybridized carbons (Fsp3) is 0.333. The van der Waals surface area contributed by atoms with Gasteiger partial charge in [-0.2, -0.15) is 0 Å². The smallest absolute Gasteiger partial charge is 0.323 e. The van der Waals surface area contributed by atoms with Gasteiger partial charge in [0.2, 0.25) is 5.91 Å². The standard InChI is InChI=1S/C18H19N5O3S/c1-11-10-15(22-26-11)20-16(24)12-6-8-23(9-7-12)18(25)21-17-19-13-4-2-3-5-14(13)27-17/h2-5,10,12H,6-9H2,1H3,(H,19,21,25)(H,20,22,24). The summed E-state index contributed by atoms with van der Waals surface area (Å²) in [6, 6.07) is 9.26. The first-order valence-corrected chi connectivity index (χ1v) is 9.56. The summed E-state index contributed by atoms with van der Waals surface area (Å²) >= 11 is 1.45. The molecule has 1 aliphatic heterocycles. The van der Waals surface area contributed by atoms with E-state index < -0.39 is 0 Å². The van der Waals surface area contributed by atoms with Crippen LogP contribution in [0.1, 0.15) is 18.6 Å². The number of nitrogens with one attached hydrogen (secondary N) is 2. The van der Waals surface area contributed by atoms with Gasteiger partial charge in [0.05, 0.1) is 10.2 Å². The van der Waals surface area contributed by atoms with Crippen LogP contribution in [0.3, 0.4) is 0 Å². The van der Waals surface area contributed by atoms with Gasteiger partial charge in [-0.15, -0.1) is 0 Å². The number of amides is 3. The van der Waals surface area contributed by atoms with Crippen molar-refractivity contribution in [2.45, 2.75) is 19.8 Å². The third-order valence-electron chi connectivity index (χ3n) is 4.54. The third-order valence-corrected chi connectivity index (χ3v) is 5.49. The van der Waals surface area contributed by atoms with Crippen LogP contribution >= 0.6 is 11.3 Å². The molecule has 4 rings (SSSR count). The molecule has 140 valence electrons. The highest BCUT2D eigenvalue weighted by molar-refractivity contribution is 7.22. The Balaban J connectivity index is 1.30. The molecule has 0 atom stereocenters. The minimum Gasteiger partial charge on any atom is -0.360 e. The van der Waals surface area contributed by atoms with Gasteiger partial charge in [-0.3, -0.25) is 10.1 Å². The Labute approximate surface area is 159 Å². The summed E-state index contributed by atoms with van der Waals surface area (Å²) < 4.78 is 5.98. The Morgan fingerprint density at radius 2 is 2.00 bits per heavy atom. The summed E-state index contributed by atoms with van der Waals surface area (Å²) in [7, 11) is 0. The maximum absolute atomic E-state index is 12.5. The van der Waals surface area contributed by atoms with E-state index in [9.17, 15) is 9.59 Å². The van der Waals surface area contributed by atoms with Gasteiger partial charge in [0, 0.05) is 25.1 Å². The summed E-state index contributed by atoms with van der Waals surface area (Å²) in [6.45, 7) is 2.81. The summed E-state index contributed by atoms with van der Waals surface area (Å²) in [5.74, 6) is 0.836. The molecule has 1 fully saturated rings. The number of thiazole rings is 1. The van der Waals surface area contributed by atoms with Crippen molar-refractivity contribution >= 4 is 44.4 Å². The number of aryl methyl sites for hydroxylation is 1. The lowest BCUT2D eigenvalue weighted by atomic mass is 9.96. The molecular weight excluding hydrogens is 366 g/mol. The van der Waals surface area contributed by atoms with Crippen LogP contribution in [0.5, 0.6) is 0 Å². The monoisotopic (exact) mass is 385 g/mol. The van der Waals surface area contributed by atoms with Crippen LogP contribution in [-0.4, -0.2) is 40.1 Å². The van der Waals surface area contributed by atoms with Crippen LogP contribution in [0, 0.1) is 12.8 Å². The Morgan fingerprint density at radius 1 is 1.22 bits per heavy atom. The lowest BCUT2D eigenvalue weighted by Crippen LogP contribution is -2.43. The number of carbonyl (C=O) groups excluding carboxylic acids is 2. The molecule has 1 aromatic carbocycles. The number of carbonyl (C=O) groups is 2. The Hall–Kier alpha value is -2.94. The second kappa shape index (κ2) is 7.36. The van der Waals surface area contributed by atoms with Gasteiger partial charge < -0.3 is 14.7 Å². The summed E-state index contributed by atoms with van der Waals surface area (Å²) in [6.07, 6.45) is 1.21. The molecule has 0 unspecified atom stereocenters. The van der Waals surface area contributed by atoms with Gasteiger partial charge in [0.1, 0.15) is 5.76 Å². The van der Waals surface area contributed by atoms with Crippen molar-refractivity contribution < 1.29 is 14.1 Å². The van der Waals surface area contributed by atoms with Crippen LogP contribution in [0.25, 0.3) is 10.2 Å². The number of hydrogen-bond acceptors (Lipinski definition) is 6. The first kappa shape index (κ1) is 17.5. The van der Waals surface area contributed by atoms with E-state index >= 15 is 0 Å². The lowest BCUT2D eigenvalue weighted by Gasteiger charge is -2.30. The van der Waals surface area contributed by atoms with Crippen molar-refractivity contribution in [3.8, 4) is 0 Å². The molecule has 8 nitrogen and oxygen atoms in total. The minimum absolute atomic E-state index is 0.0884. The molecule has 0 radical (unpaired) electrons. The highest BCUT2D eigenvalue weighted by atomic mass is 32.1. The molecule has 2 N–H and O–H groups in total. The van der Waals surface area contributed by atoms with Crippen molar-refractivity contribution in [2.75, 3.05) is 23.7 Å². The number of hydrogen-bond donors (Lipinski definition) is 2. The average molecular weight is 385 g/mol. The summed E-state index contributed by atoms with van der Waals surface area (Å²) in [5, 5.41) is 9.98. The van der Waals surface area contributed by atoms with E-state index in [0.717, 1.165) is 10.2 Å². The Bertz CT molecular complexity index is 941. The number of fused-ring (bicyclic) bond motifs is 1. The zero-order chi connectivity index (χ0) is 18.8. The Kier molecular flexibility index (Phi) is 4.76. The van der Waals surface area contributed by atoms with Crippen LogP contribution in [0.2, 0.25) is 0 Å². The average Bonchev–Trinajstić information content (AvgIpc) is 3.26. The van der Waals surface area contributed by atoms with Crippen molar-refractivity contribution in [3.05, 3.63) is 36.1 Å². The zero-order valence-corrected chi connectivity index (χ0v) is 15.6. The molecule has 0 saturated carbocycles. The number of rotatable bonds is 3. The molecular formula is C18H19N5O3S. The quantitative estimate of drug-likeness (QED) is 0.719. The van der Waals surface area contributed by atoms with Gasteiger partial charge in [-0.25, -0.2) is 9.78 Å². The molecule has 1 aliphatic rings. The maximum Gasteiger partial charge on any atom is 0.323 e. The van der Waals surface area contributed by atoms with Crippen LogP contribution in [0.15, 0.2) is 34.9 Å². The van der Waals surface area contributed by atoms with E-state index in [1.807, 2.05) is 24.3 Å². The number of likely N-dealkylation sites (tertiary alicyclic amines) is 1. The zero-order valence-electron chi connectivity index (χ0n) is 14.8. The fourth-order valence-electron chi connectivity index (χ4n) is 3.09. The lowest BCUT2D eigenvalue weighted by molar-refractivity contribution is -0.121. The molecule has 0 spiro atoms. The van der Waals surface area contributed by atoms with Gasteiger partial charge in [-0.1, -0.05) is 28.6 Å². The van der Waals surface area contributed by atoms with Crippen molar-refractivity contribution in [3.63, 3.8) is 0 Å². The highest BCUT2D eigenvalue weighted by Gasteiger charge is 2.28. The molecule has 3 aromatic rings. The number of anilines is 2. The molecule has 0 aliphatic carbocycles. The predicted octanol–water partition coefficient (Wildman–Crippen LogP) is 3.48. The molecule has 2 aromatic heterocycles. The summed E-state index contributed by atoms with van der Waals surface area (Å²) in [4.78, 5) is 30.9. The SMILES string of the molecule is Cc1cc(NC(=O)C2CCN(C(=O)Nc3nc4ccccc4s3)CC2)no1. The highest BCUT2D eigenvalue weighted by Crippen LogP contribution is 2.26. The fourth-order valence-corrected chi connectivity index (χ4v) is 3.95. The summed E-state index contributed by atoms with van der Waals surface area (Å²) in [5.41, 5.74) is 0.872. The largest absolute Gasteiger partial charge is 0.360 e. The number of aromatic nitrogens is 2. The molecule has 9 heteroatoms. The number of benzene rings is 1. The Morgan fingerprint density at radius 3 is 2.70 bits per heavy atom. The molecule has 1 saturated heterocycles. The number of para-hydroxylation sites is 1.